The van der Waals surface area contributed by atoms with E-state index in [1.165, 1.54) is 12.1 Å². The fraction of sp³-hybridized carbons (Fsp3) is 0.0909. The first-order valence-corrected chi connectivity index (χ1v) is 9.47. The minimum absolute atomic E-state index is 0.0162. The SMILES string of the molecule is Cc1ccc(C(=O)C(OC(=O)c2ccc(Br)c([N+](=O)[O-])c2)c2ccccc2)cc1. The first-order chi connectivity index (χ1) is 13.9. The molecule has 0 spiro atoms. The smallest absolute Gasteiger partial charge is 0.339 e. The van der Waals surface area contributed by atoms with Gasteiger partial charge in [-0.2, -0.15) is 0 Å². The number of hydrogen-bond donors (Lipinski definition) is 0. The molecule has 0 radical (unpaired) electrons. The lowest BCUT2D eigenvalue weighted by molar-refractivity contribution is -0.385. The Morgan fingerprint density at radius 1 is 0.966 bits per heavy atom. The number of ketones is 1. The third-order valence-corrected chi connectivity index (χ3v) is 4.95. The van der Waals surface area contributed by atoms with Crippen LogP contribution in [0.15, 0.2) is 77.3 Å². The van der Waals surface area contributed by atoms with Crippen molar-refractivity contribution in [3.05, 3.63) is 110 Å². The molecule has 0 aliphatic carbocycles. The maximum atomic E-state index is 13.1. The summed E-state index contributed by atoms with van der Waals surface area (Å²) in [5, 5.41) is 11.1. The number of carbonyl (C=O) groups is 2. The highest BCUT2D eigenvalue weighted by atomic mass is 79.9. The average molecular weight is 454 g/mol. The van der Waals surface area contributed by atoms with Crippen LogP contribution in [0.4, 0.5) is 5.69 Å². The molecule has 0 fully saturated rings. The van der Waals surface area contributed by atoms with Gasteiger partial charge in [0.25, 0.3) is 5.69 Å². The van der Waals surface area contributed by atoms with Gasteiger partial charge in [0.05, 0.1) is 15.0 Å². The third kappa shape index (κ3) is 4.75. The number of Topliss-reactive ketones (excluding diaryl/α,β-unsaturated/α-hetero) is 1. The summed E-state index contributed by atoms with van der Waals surface area (Å²) in [7, 11) is 0. The van der Waals surface area contributed by atoms with Gasteiger partial charge in [-0.05, 0) is 35.0 Å². The maximum absolute atomic E-state index is 13.1. The first kappa shape index (κ1) is 20.4. The summed E-state index contributed by atoms with van der Waals surface area (Å²) in [4.78, 5) is 36.3. The molecule has 3 aromatic carbocycles. The number of nitro benzene ring substituents is 1. The molecule has 0 aliphatic heterocycles. The van der Waals surface area contributed by atoms with Gasteiger partial charge < -0.3 is 4.74 Å². The molecule has 146 valence electrons. The fourth-order valence-corrected chi connectivity index (χ4v) is 3.12. The Kier molecular flexibility index (Phi) is 6.19. The van der Waals surface area contributed by atoms with E-state index in [-0.39, 0.29) is 21.5 Å². The molecular weight excluding hydrogens is 438 g/mol. The van der Waals surface area contributed by atoms with Crippen molar-refractivity contribution in [2.75, 3.05) is 0 Å². The average Bonchev–Trinajstić information content (AvgIpc) is 2.72. The molecule has 1 atom stereocenters. The second-order valence-corrected chi connectivity index (χ2v) is 7.20. The zero-order valence-electron chi connectivity index (χ0n) is 15.4. The van der Waals surface area contributed by atoms with Gasteiger partial charge in [0.2, 0.25) is 5.78 Å². The number of esters is 1. The monoisotopic (exact) mass is 453 g/mol. The van der Waals surface area contributed by atoms with Gasteiger partial charge in [0, 0.05) is 17.2 Å². The number of nitro groups is 1. The summed E-state index contributed by atoms with van der Waals surface area (Å²) in [5.41, 5.74) is 1.63. The van der Waals surface area contributed by atoms with E-state index in [2.05, 4.69) is 15.9 Å². The lowest BCUT2D eigenvalue weighted by atomic mass is 9.99. The maximum Gasteiger partial charge on any atom is 0.339 e. The molecule has 0 amide bonds. The Morgan fingerprint density at radius 3 is 2.21 bits per heavy atom. The molecule has 7 heteroatoms. The number of ether oxygens (including phenoxy) is 1. The normalized spacial score (nSPS) is 11.5. The zero-order valence-corrected chi connectivity index (χ0v) is 17.0. The van der Waals surface area contributed by atoms with Gasteiger partial charge in [0.1, 0.15) is 0 Å². The quantitative estimate of drug-likeness (QED) is 0.214. The van der Waals surface area contributed by atoms with Crippen molar-refractivity contribution in [2.24, 2.45) is 0 Å². The predicted octanol–water partition coefficient (Wildman–Crippen LogP) is 5.45. The largest absolute Gasteiger partial charge is 0.445 e. The summed E-state index contributed by atoms with van der Waals surface area (Å²) in [5.74, 6) is -1.20. The number of aryl methyl sites for hydroxylation is 1. The molecule has 3 rings (SSSR count). The molecule has 0 aliphatic rings. The van der Waals surface area contributed by atoms with Crippen molar-refractivity contribution < 1.29 is 19.2 Å². The van der Waals surface area contributed by atoms with E-state index in [4.69, 9.17) is 4.74 Å². The molecule has 1 unspecified atom stereocenters. The number of carbonyl (C=O) groups excluding carboxylic acids is 2. The van der Waals surface area contributed by atoms with Gasteiger partial charge >= 0.3 is 5.97 Å². The molecule has 0 aromatic heterocycles. The Morgan fingerprint density at radius 2 is 1.59 bits per heavy atom. The number of benzene rings is 3. The van der Waals surface area contributed by atoms with Gasteiger partial charge in [-0.25, -0.2) is 4.79 Å². The number of nitrogens with zero attached hydrogens (tertiary/aromatic N) is 1. The van der Waals surface area contributed by atoms with E-state index in [0.29, 0.717) is 11.1 Å². The molecule has 0 bridgehead atoms. The highest BCUT2D eigenvalue weighted by Gasteiger charge is 2.27. The van der Waals surface area contributed by atoms with Crippen LogP contribution in [0.1, 0.15) is 37.9 Å². The summed E-state index contributed by atoms with van der Waals surface area (Å²) >= 11 is 3.08. The van der Waals surface area contributed by atoms with Crippen LogP contribution in [0.2, 0.25) is 0 Å². The van der Waals surface area contributed by atoms with Gasteiger partial charge in [-0.3, -0.25) is 14.9 Å². The van der Waals surface area contributed by atoms with E-state index in [1.54, 1.807) is 54.6 Å². The number of rotatable bonds is 6. The van der Waals surface area contributed by atoms with Gasteiger partial charge in [0.15, 0.2) is 6.10 Å². The van der Waals surface area contributed by atoms with Crippen molar-refractivity contribution in [1.29, 1.82) is 0 Å². The predicted molar refractivity (Wildman–Crippen MR) is 111 cm³/mol. The highest BCUT2D eigenvalue weighted by molar-refractivity contribution is 9.10. The van der Waals surface area contributed by atoms with Gasteiger partial charge in [-0.1, -0.05) is 60.2 Å². The van der Waals surface area contributed by atoms with Crippen molar-refractivity contribution in [1.82, 2.24) is 0 Å². The van der Waals surface area contributed by atoms with Crippen molar-refractivity contribution in [3.63, 3.8) is 0 Å². The van der Waals surface area contributed by atoms with Crippen LogP contribution in [0, 0.1) is 17.0 Å². The van der Waals surface area contributed by atoms with Crippen LogP contribution in [0.3, 0.4) is 0 Å². The second-order valence-electron chi connectivity index (χ2n) is 6.35. The summed E-state index contributed by atoms with van der Waals surface area (Å²) in [6.07, 6.45) is -1.17. The van der Waals surface area contributed by atoms with Crippen LogP contribution in [0.5, 0.6) is 0 Å². The second kappa shape index (κ2) is 8.79. The minimum atomic E-state index is -1.17. The Hall–Kier alpha value is -3.32. The van der Waals surface area contributed by atoms with E-state index in [9.17, 15) is 19.7 Å². The number of halogens is 1. The molecular formula is C22H16BrNO5. The molecule has 0 heterocycles. The van der Waals surface area contributed by atoms with Crippen molar-refractivity contribution in [2.45, 2.75) is 13.0 Å². The van der Waals surface area contributed by atoms with Crippen molar-refractivity contribution >= 4 is 33.4 Å². The first-order valence-electron chi connectivity index (χ1n) is 8.67. The minimum Gasteiger partial charge on any atom is -0.445 e. The van der Waals surface area contributed by atoms with E-state index in [0.717, 1.165) is 11.6 Å². The summed E-state index contributed by atoms with van der Waals surface area (Å²) in [6, 6.07) is 19.5. The molecule has 0 saturated carbocycles. The van der Waals surface area contributed by atoms with Crippen LogP contribution in [-0.4, -0.2) is 16.7 Å². The molecule has 0 N–H and O–H groups in total. The topological polar surface area (TPSA) is 86.5 Å². The number of hydrogen-bond acceptors (Lipinski definition) is 5. The molecule has 6 nitrogen and oxygen atoms in total. The summed E-state index contributed by atoms with van der Waals surface area (Å²) in [6.45, 7) is 1.91. The van der Waals surface area contributed by atoms with E-state index < -0.39 is 17.0 Å². The fourth-order valence-electron chi connectivity index (χ4n) is 2.72. The van der Waals surface area contributed by atoms with Crippen molar-refractivity contribution in [3.8, 4) is 0 Å². The molecule has 0 saturated heterocycles. The standard InChI is InChI=1S/C22H16BrNO5/c1-14-7-9-15(10-8-14)20(25)21(16-5-3-2-4-6-16)29-22(26)17-11-12-18(23)19(13-17)24(27)28/h2-13,21H,1H3. The van der Waals surface area contributed by atoms with Crippen LogP contribution >= 0.6 is 15.9 Å². The van der Waals surface area contributed by atoms with E-state index in [1.807, 2.05) is 6.92 Å². The highest BCUT2D eigenvalue weighted by Crippen LogP contribution is 2.28. The van der Waals surface area contributed by atoms with Crippen LogP contribution in [0.25, 0.3) is 0 Å². The lowest BCUT2D eigenvalue weighted by Gasteiger charge is -2.17. The zero-order chi connectivity index (χ0) is 21.0. The molecule has 29 heavy (non-hydrogen) atoms. The van der Waals surface area contributed by atoms with Gasteiger partial charge in [-0.15, -0.1) is 0 Å². The summed E-state index contributed by atoms with van der Waals surface area (Å²) < 4.78 is 5.76. The molecule has 3 aromatic rings. The lowest BCUT2D eigenvalue weighted by Crippen LogP contribution is -2.20. The Bertz CT molecular complexity index is 1060. The van der Waals surface area contributed by atoms with E-state index >= 15 is 0 Å². The van der Waals surface area contributed by atoms with Crippen LogP contribution < -0.4 is 0 Å². The Labute approximate surface area is 175 Å². The third-order valence-electron chi connectivity index (χ3n) is 4.28. The van der Waals surface area contributed by atoms with Crippen LogP contribution in [-0.2, 0) is 4.74 Å². The Balaban J connectivity index is 1.94.